The lowest BCUT2D eigenvalue weighted by atomic mass is 9.99. The molecule has 1 aliphatic carbocycles. The summed E-state index contributed by atoms with van der Waals surface area (Å²) in [7, 11) is 0. The van der Waals surface area contributed by atoms with Gasteiger partial charge < -0.3 is 19.8 Å². The lowest BCUT2D eigenvalue weighted by Crippen LogP contribution is -2.46. The van der Waals surface area contributed by atoms with Crippen LogP contribution in [-0.4, -0.2) is 52.5 Å². The molecule has 4 atom stereocenters. The van der Waals surface area contributed by atoms with Crippen LogP contribution in [0.3, 0.4) is 0 Å². The molecule has 94 valence electrons. The van der Waals surface area contributed by atoms with Gasteiger partial charge in [0, 0.05) is 6.54 Å². The number of aliphatic hydroxyl groups excluding tert-OH is 1. The minimum atomic E-state index is -0.962. The van der Waals surface area contributed by atoms with Gasteiger partial charge in [-0.2, -0.15) is 0 Å². The molecule has 1 aliphatic heterocycles. The zero-order valence-corrected chi connectivity index (χ0v) is 9.28. The van der Waals surface area contributed by atoms with E-state index in [0.29, 0.717) is 13.0 Å². The topological polar surface area (TPSA) is 87.1 Å². The molecular formula is C11H15NO5. The summed E-state index contributed by atoms with van der Waals surface area (Å²) < 4.78 is 4.87. The molecule has 1 saturated carbocycles. The molecule has 6 heteroatoms. The number of hydrogen-bond donors (Lipinski definition) is 2. The Kier molecular flexibility index (Phi) is 3.06. The van der Waals surface area contributed by atoms with E-state index >= 15 is 0 Å². The quantitative estimate of drug-likeness (QED) is 0.683. The summed E-state index contributed by atoms with van der Waals surface area (Å²) in [4.78, 5) is 24.1. The first-order chi connectivity index (χ1) is 8.06. The van der Waals surface area contributed by atoms with Crippen LogP contribution in [0.15, 0.2) is 12.7 Å². The number of aliphatic hydroxyl groups is 1. The second-order valence-corrected chi connectivity index (χ2v) is 4.44. The molecule has 2 aliphatic rings. The van der Waals surface area contributed by atoms with Crippen molar-refractivity contribution in [2.45, 2.75) is 18.6 Å². The van der Waals surface area contributed by atoms with Crippen LogP contribution in [-0.2, 0) is 9.53 Å². The van der Waals surface area contributed by atoms with E-state index < -0.39 is 30.1 Å². The van der Waals surface area contributed by atoms with Gasteiger partial charge in [0.25, 0.3) is 0 Å². The van der Waals surface area contributed by atoms with E-state index in [0.717, 1.165) is 0 Å². The number of nitrogens with zero attached hydrogens (tertiary/aromatic N) is 1. The maximum Gasteiger partial charge on any atom is 0.410 e. The van der Waals surface area contributed by atoms with E-state index in [1.54, 1.807) is 0 Å². The largest absolute Gasteiger partial charge is 0.481 e. The molecule has 1 saturated heterocycles. The van der Waals surface area contributed by atoms with Crippen molar-refractivity contribution < 1.29 is 24.5 Å². The predicted octanol–water partition coefficient (Wildman–Crippen LogP) is 0.0748. The number of likely N-dealkylation sites (tertiary alicyclic amines) is 1. The number of carboxylic acid groups (broad SMARTS) is 1. The molecule has 1 heterocycles. The van der Waals surface area contributed by atoms with Crippen molar-refractivity contribution in [1.29, 1.82) is 0 Å². The number of piperidine rings is 1. The van der Waals surface area contributed by atoms with Gasteiger partial charge >= 0.3 is 12.1 Å². The average Bonchev–Trinajstić information content (AvgIpc) is 2.79. The number of carbonyl (C=O) groups excluding carboxylic acids is 1. The Hall–Kier alpha value is -1.56. The van der Waals surface area contributed by atoms with Crippen LogP contribution in [0, 0.1) is 11.8 Å². The van der Waals surface area contributed by atoms with E-state index in [9.17, 15) is 14.7 Å². The minimum absolute atomic E-state index is 0.0839. The fraction of sp³-hybridized carbons (Fsp3) is 0.636. The third-order valence-corrected chi connectivity index (χ3v) is 3.45. The fourth-order valence-electron chi connectivity index (χ4n) is 2.84. The van der Waals surface area contributed by atoms with Gasteiger partial charge in [-0.25, -0.2) is 4.79 Å². The van der Waals surface area contributed by atoms with Crippen LogP contribution in [0.2, 0.25) is 0 Å². The Bertz CT molecular complexity index is 356. The Morgan fingerprint density at radius 1 is 1.53 bits per heavy atom. The number of rotatable bonds is 3. The van der Waals surface area contributed by atoms with Gasteiger partial charge in [-0.05, 0) is 12.3 Å². The molecule has 2 fully saturated rings. The van der Waals surface area contributed by atoms with Crippen LogP contribution < -0.4 is 0 Å². The number of amides is 1. The molecule has 2 rings (SSSR count). The van der Waals surface area contributed by atoms with E-state index in [2.05, 4.69) is 6.58 Å². The van der Waals surface area contributed by atoms with E-state index in [-0.39, 0.29) is 12.5 Å². The zero-order chi connectivity index (χ0) is 12.6. The Labute approximate surface area is 98.5 Å². The summed E-state index contributed by atoms with van der Waals surface area (Å²) >= 11 is 0. The highest BCUT2D eigenvalue weighted by Gasteiger charge is 2.57. The normalized spacial score (nSPS) is 34.8. The van der Waals surface area contributed by atoms with Crippen molar-refractivity contribution in [2.75, 3.05) is 13.2 Å². The molecule has 0 unspecified atom stereocenters. The van der Waals surface area contributed by atoms with Gasteiger partial charge in [0.1, 0.15) is 6.61 Å². The maximum absolute atomic E-state index is 11.7. The highest BCUT2D eigenvalue weighted by molar-refractivity contribution is 5.76. The minimum Gasteiger partial charge on any atom is -0.481 e. The summed E-state index contributed by atoms with van der Waals surface area (Å²) in [6.07, 6.45) is 0.526. The fourth-order valence-corrected chi connectivity index (χ4v) is 2.84. The van der Waals surface area contributed by atoms with Gasteiger partial charge in [0.05, 0.1) is 18.1 Å². The predicted molar refractivity (Wildman–Crippen MR) is 57.3 cm³/mol. The van der Waals surface area contributed by atoms with Crippen LogP contribution in [0.25, 0.3) is 0 Å². The molecule has 6 nitrogen and oxygen atoms in total. The van der Waals surface area contributed by atoms with Crippen molar-refractivity contribution in [2.24, 2.45) is 11.8 Å². The molecule has 1 amide bonds. The van der Waals surface area contributed by atoms with Crippen molar-refractivity contribution in [1.82, 2.24) is 4.90 Å². The van der Waals surface area contributed by atoms with Gasteiger partial charge in [-0.3, -0.25) is 4.79 Å². The SMILES string of the molecule is C=CCOC(=O)N1C[C@@H]2C[C@@H](O)[C@H]1[C@H]2C(=O)O. The number of fused-ring (bicyclic) bond motifs is 2. The maximum atomic E-state index is 11.7. The van der Waals surface area contributed by atoms with Crippen LogP contribution >= 0.6 is 0 Å². The van der Waals surface area contributed by atoms with Crippen LogP contribution in [0.1, 0.15) is 6.42 Å². The Morgan fingerprint density at radius 2 is 2.24 bits per heavy atom. The second kappa shape index (κ2) is 4.37. The lowest BCUT2D eigenvalue weighted by Gasteiger charge is -2.29. The van der Waals surface area contributed by atoms with Crippen molar-refractivity contribution in [3.8, 4) is 0 Å². The average molecular weight is 241 g/mol. The van der Waals surface area contributed by atoms with E-state index in [1.807, 2.05) is 0 Å². The van der Waals surface area contributed by atoms with Gasteiger partial charge in [-0.15, -0.1) is 0 Å². The second-order valence-electron chi connectivity index (χ2n) is 4.44. The van der Waals surface area contributed by atoms with Crippen molar-refractivity contribution in [3.05, 3.63) is 12.7 Å². The highest BCUT2D eigenvalue weighted by atomic mass is 16.6. The van der Waals surface area contributed by atoms with Crippen LogP contribution in [0.5, 0.6) is 0 Å². The summed E-state index contributed by atoms with van der Waals surface area (Å²) in [5, 5.41) is 18.8. The van der Waals surface area contributed by atoms with Gasteiger partial charge in [0.2, 0.25) is 0 Å². The van der Waals surface area contributed by atoms with Crippen molar-refractivity contribution >= 4 is 12.1 Å². The molecular weight excluding hydrogens is 226 g/mol. The monoisotopic (exact) mass is 241 g/mol. The summed E-state index contributed by atoms with van der Waals surface area (Å²) in [6.45, 7) is 3.85. The first-order valence-electron chi connectivity index (χ1n) is 5.51. The highest BCUT2D eigenvalue weighted by Crippen LogP contribution is 2.43. The number of carboxylic acids is 1. The Morgan fingerprint density at radius 3 is 2.76 bits per heavy atom. The summed E-state index contributed by atoms with van der Waals surface area (Å²) in [5.41, 5.74) is 0. The smallest absolute Gasteiger partial charge is 0.410 e. The Balaban J connectivity index is 2.10. The molecule has 0 aromatic rings. The molecule has 17 heavy (non-hydrogen) atoms. The molecule has 0 aromatic carbocycles. The molecule has 0 spiro atoms. The van der Waals surface area contributed by atoms with E-state index in [4.69, 9.17) is 9.84 Å². The number of aliphatic carboxylic acids is 1. The number of ether oxygens (including phenoxy) is 1. The molecule has 2 N–H and O–H groups in total. The van der Waals surface area contributed by atoms with E-state index in [1.165, 1.54) is 11.0 Å². The third kappa shape index (κ3) is 1.88. The van der Waals surface area contributed by atoms with Crippen LogP contribution in [0.4, 0.5) is 4.79 Å². The van der Waals surface area contributed by atoms with Gasteiger partial charge in [-0.1, -0.05) is 12.7 Å². The first kappa shape index (κ1) is 11.9. The zero-order valence-electron chi connectivity index (χ0n) is 9.28. The molecule has 0 aromatic heterocycles. The number of hydrogen-bond acceptors (Lipinski definition) is 4. The summed E-state index contributed by atoms with van der Waals surface area (Å²) in [6, 6.07) is -0.658. The van der Waals surface area contributed by atoms with Crippen molar-refractivity contribution in [3.63, 3.8) is 0 Å². The molecule has 0 radical (unpaired) electrons. The third-order valence-electron chi connectivity index (χ3n) is 3.45. The first-order valence-corrected chi connectivity index (χ1v) is 5.51. The standard InChI is InChI=1S/C11H15NO5/c1-2-3-17-11(16)12-5-6-4-7(13)9(12)8(6)10(14)15/h2,6-9,13H,1,3-5H2,(H,14,15)/t6-,7+,8-,9-/m0/s1. The lowest BCUT2D eigenvalue weighted by molar-refractivity contribution is -0.143. The number of carbonyl (C=O) groups is 2. The summed E-state index contributed by atoms with van der Waals surface area (Å²) in [5.74, 6) is -1.82. The molecule has 2 bridgehead atoms. The van der Waals surface area contributed by atoms with Gasteiger partial charge in [0.15, 0.2) is 0 Å².